The summed E-state index contributed by atoms with van der Waals surface area (Å²) in [7, 11) is 1.71. The highest BCUT2D eigenvalue weighted by Gasteiger charge is 2.15. The lowest BCUT2D eigenvalue weighted by Crippen LogP contribution is -2.01. The number of hydrogen-bond acceptors (Lipinski definition) is 2. The number of anilines is 1. The van der Waals surface area contributed by atoms with Gasteiger partial charge in [-0.1, -0.05) is 30.0 Å². The lowest BCUT2D eigenvalue weighted by Gasteiger charge is -2.10. The molecule has 3 aromatic carbocycles. The van der Waals surface area contributed by atoms with Crippen molar-refractivity contribution in [2.75, 3.05) is 12.4 Å². The van der Waals surface area contributed by atoms with Crippen molar-refractivity contribution in [3.05, 3.63) is 89.4 Å². The summed E-state index contributed by atoms with van der Waals surface area (Å²) in [5.74, 6) is 4.56. The van der Waals surface area contributed by atoms with Crippen LogP contribution >= 0.6 is 0 Å². The first-order chi connectivity index (χ1) is 14.0. The third kappa shape index (κ3) is 3.69. The molecule has 4 nitrogen and oxygen atoms in total. The summed E-state index contributed by atoms with van der Waals surface area (Å²) >= 11 is 0. The predicted octanol–water partition coefficient (Wildman–Crippen LogP) is 5.11. The van der Waals surface area contributed by atoms with E-state index >= 15 is 0 Å². The van der Waals surface area contributed by atoms with Gasteiger partial charge in [0.25, 0.3) is 0 Å². The van der Waals surface area contributed by atoms with E-state index in [1.54, 1.807) is 31.3 Å². The highest BCUT2D eigenvalue weighted by Crippen LogP contribution is 2.30. The Labute approximate surface area is 167 Å². The van der Waals surface area contributed by atoms with E-state index in [2.05, 4.69) is 22.1 Å². The molecule has 0 saturated carbocycles. The number of nitrogens with one attached hydrogen (secondary N) is 2. The smallest absolute Gasteiger partial charge is 0.336 e. The van der Waals surface area contributed by atoms with Crippen molar-refractivity contribution in [1.82, 2.24) is 4.98 Å². The topological polar surface area (TPSA) is 65.1 Å². The molecule has 3 N–H and O–H groups in total. The molecule has 0 fully saturated rings. The Balaban J connectivity index is 1.88. The minimum atomic E-state index is -1.03. The van der Waals surface area contributed by atoms with Crippen LogP contribution in [0.15, 0.2) is 66.9 Å². The van der Waals surface area contributed by atoms with Crippen LogP contribution < -0.4 is 5.32 Å². The highest BCUT2D eigenvalue weighted by atomic mass is 19.1. The van der Waals surface area contributed by atoms with Crippen molar-refractivity contribution in [1.29, 1.82) is 0 Å². The fraction of sp³-hybridized carbons (Fsp3) is 0.0417. The van der Waals surface area contributed by atoms with E-state index < -0.39 is 11.8 Å². The van der Waals surface area contributed by atoms with E-state index in [-0.39, 0.29) is 5.56 Å². The maximum absolute atomic E-state index is 13.8. The molecule has 0 aliphatic rings. The largest absolute Gasteiger partial charge is 0.478 e. The number of carboxylic acids is 1. The Morgan fingerprint density at radius 1 is 1.07 bits per heavy atom. The minimum Gasteiger partial charge on any atom is -0.478 e. The second-order valence-electron chi connectivity index (χ2n) is 6.54. The average Bonchev–Trinajstić information content (AvgIpc) is 3.19. The van der Waals surface area contributed by atoms with Gasteiger partial charge in [-0.3, -0.25) is 0 Å². The molecule has 4 rings (SSSR count). The monoisotopic (exact) mass is 384 g/mol. The van der Waals surface area contributed by atoms with Crippen LogP contribution in [0.1, 0.15) is 21.5 Å². The quantitative estimate of drug-likeness (QED) is 0.430. The molecule has 0 radical (unpaired) electrons. The standard InChI is InChI=1S/C24H17FN2O2/c1-26-20-12-15(11-19(25)14-20)5-6-17-3-2-4-21(24(28)29)23(17)18-8-7-16-9-10-27-22(16)13-18/h2-4,7-14,26-27H,1H3,(H,28,29). The van der Waals surface area contributed by atoms with Gasteiger partial charge in [0.15, 0.2) is 0 Å². The first-order valence-electron chi connectivity index (χ1n) is 8.99. The molecule has 0 saturated heterocycles. The highest BCUT2D eigenvalue weighted by molar-refractivity contribution is 5.99. The molecule has 0 aliphatic carbocycles. The van der Waals surface area contributed by atoms with E-state index in [9.17, 15) is 14.3 Å². The third-order valence-corrected chi connectivity index (χ3v) is 4.67. The molecule has 0 unspecified atom stereocenters. The van der Waals surface area contributed by atoms with Crippen LogP contribution in [-0.4, -0.2) is 23.1 Å². The second-order valence-corrected chi connectivity index (χ2v) is 6.54. The number of aromatic amines is 1. The molecule has 0 amide bonds. The molecule has 142 valence electrons. The summed E-state index contributed by atoms with van der Waals surface area (Å²) in [6.45, 7) is 0. The van der Waals surface area contributed by atoms with Crippen LogP contribution in [0.3, 0.4) is 0 Å². The normalized spacial score (nSPS) is 10.4. The van der Waals surface area contributed by atoms with Crippen molar-refractivity contribution < 1.29 is 14.3 Å². The van der Waals surface area contributed by atoms with Gasteiger partial charge in [-0.2, -0.15) is 0 Å². The lowest BCUT2D eigenvalue weighted by molar-refractivity contribution is 0.0697. The molecule has 0 atom stereocenters. The molecule has 0 spiro atoms. The molecule has 5 heteroatoms. The average molecular weight is 384 g/mol. The number of fused-ring (bicyclic) bond motifs is 1. The molecule has 0 aliphatic heterocycles. The Hall–Kier alpha value is -4.04. The maximum Gasteiger partial charge on any atom is 0.336 e. The lowest BCUT2D eigenvalue weighted by atomic mass is 9.93. The number of aromatic carboxylic acids is 1. The first-order valence-corrected chi connectivity index (χ1v) is 8.99. The zero-order chi connectivity index (χ0) is 20.4. The van der Waals surface area contributed by atoms with Crippen LogP contribution in [-0.2, 0) is 0 Å². The number of halogens is 1. The van der Waals surface area contributed by atoms with E-state index in [4.69, 9.17) is 0 Å². The zero-order valence-corrected chi connectivity index (χ0v) is 15.6. The van der Waals surface area contributed by atoms with Gasteiger partial charge in [-0.05, 0) is 53.4 Å². The fourth-order valence-electron chi connectivity index (χ4n) is 3.29. The van der Waals surface area contributed by atoms with Gasteiger partial charge in [0, 0.05) is 41.1 Å². The van der Waals surface area contributed by atoms with Gasteiger partial charge >= 0.3 is 5.97 Å². The summed E-state index contributed by atoms with van der Waals surface area (Å²) in [4.78, 5) is 15.0. The van der Waals surface area contributed by atoms with Gasteiger partial charge in [0.05, 0.1) is 5.56 Å². The van der Waals surface area contributed by atoms with E-state index in [0.29, 0.717) is 22.4 Å². The first kappa shape index (κ1) is 18.3. The second kappa shape index (κ2) is 7.53. The van der Waals surface area contributed by atoms with Crippen molar-refractivity contribution in [2.24, 2.45) is 0 Å². The zero-order valence-electron chi connectivity index (χ0n) is 15.6. The summed E-state index contributed by atoms with van der Waals surface area (Å²) in [6.07, 6.45) is 1.83. The molecule has 1 heterocycles. The number of rotatable bonds is 3. The van der Waals surface area contributed by atoms with Gasteiger partial charge in [-0.15, -0.1) is 0 Å². The van der Waals surface area contributed by atoms with Gasteiger partial charge in [0.2, 0.25) is 0 Å². The van der Waals surface area contributed by atoms with Crippen molar-refractivity contribution >= 4 is 22.6 Å². The van der Waals surface area contributed by atoms with Gasteiger partial charge in [-0.25, -0.2) is 9.18 Å². The number of H-pyrrole nitrogens is 1. The number of aromatic nitrogens is 1. The summed E-state index contributed by atoms with van der Waals surface area (Å²) in [6, 6.07) is 17.1. The Bertz CT molecular complexity index is 1300. The van der Waals surface area contributed by atoms with Crippen LogP contribution in [0.2, 0.25) is 0 Å². The number of carbonyl (C=O) groups is 1. The minimum absolute atomic E-state index is 0.165. The molecular formula is C24H17FN2O2. The predicted molar refractivity (Wildman–Crippen MR) is 113 cm³/mol. The van der Waals surface area contributed by atoms with Gasteiger partial charge in [0.1, 0.15) is 5.82 Å². The van der Waals surface area contributed by atoms with Crippen molar-refractivity contribution in [2.45, 2.75) is 0 Å². The molecule has 4 aromatic rings. The number of benzene rings is 3. The fourth-order valence-corrected chi connectivity index (χ4v) is 3.29. The van der Waals surface area contributed by atoms with Crippen LogP contribution in [0.4, 0.5) is 10.1 Å². The Morgan fingerprint density at radius 3 is 2.72 bits per heavy atom. The van der Waals surface area contributed by atoms with Crippen LogP contribution in [0.25, 0.3) is 22.0 Å². The maximum atomic E-state index is 13.8. The molecule has 0 bridgehead atoms. The Kier molecular flexibility index (Phi) is 4.76. The van der Waals surface area contributed by atoms with Crippen LogP contribution in [0.5, 0.6) is 0 Å². The van der Waals surface area contributed by atoms with E-state index in [0.717, 1.165) is 16.5 Å². The van der Waals surface area contributed by atoms with Crippen molar-refractivity contribution in [3.63, 3.8) is 0 Å². The number of hydrogen-bond donors (Lipinski definition) is 3. The Morgan fingerprint density at radius 2 is 1.93 bits per heavy atom. The SMILES string of the molecule is CNc1cc(F)cc(C#Cc2cccc(C(=O)O)c2-c2ccc3cc[nH]c3c2)c1. The van der Waals surface area contributed by atoms with Gasteiger partial charge < -0.3 is 15.4 Å². The van der Waals surface area contributed by atoms with E-state index in [1.807, 2.05) is 30.5 Å². The van der Waals surface area contributed by atoms with E-state index in [1.165, 1.54) is 12.1 Å². The van der Waals surface area contributed by atoms with Crippen molar-refractivity contribution in [3.8, 4) is 23.0 Å². The molecule has 1 aromatic heterocycles. The van der Waals surface area contributed by atoms with Crippen LogP contribution in [0, 0.1) is 17.7 Å². The third-order valence-electron chi connectivity index (χ3n) is 4.67. The molecule has 29 heavy (non-hydrogen) atoms. The summed E-state index contributed by atoms with van der Waals surface area (Å²) in [5, 5.41) is 13.6. The summed E-state index contributed by atoms with van der Waals surface area (Å²) in [5.41, 5.74) is 4.04. The molecular weight excluding hydrogens is 367 g/mol. The number of carboxylic acid groups (broad SMARTS) is 1. The summed E-state index contributed by atoms with van der Waals surface area (Å²) < 4.78 is 13.8.